The van der Waals surface area contributed by atoms with Gasteiger partial charge in [-0.25, -0.2) is 0 Å². The molecule has 0 fully saturated rings. The second-order valence-electron chi connectivity index (χ2n) is 10.0. The third-order valence-corrected chi connectivity index (χ3v) is 13.2. The van der Waals surface area contributed by atoms with Crippen LogP contribution in [-0.4, -0.2) is 16.6 Å². The van der Waals surface area contributed by atoms with E-state index in [1.165, 1.54) is 16.7 Å². The fourth-order valence-corrected chi connectivity index (χ4v) is 13.1. The zero-order chi connectivity index (χ0) is 21.1. The molecule has 0 unspecified atom stereocenters. The Bertz CT molecular complexity index is 779. The Hall–Kier alpha value is -1.74. The van der Waals surface area contributed by atoms with Crippen LogP contribution in [-0.2, 0) is 9.13 Å². The Labute approximate surface area is 182 Å². The molecule has 0 aromatic heterocycles. The predicted molar refractivity (Wildman–Crippen MR) is 125 cm³/mol. The van der Waals surface area contributed by atoms with E-state index in [-0.39, 0.29) is 7.94 Å². The number of hydrogen-bond donors (Lipinski definition) is 0. The van der Waals surface area contributed by atoms with Crippen molar-refractivity contribution < 1.29 is 3.53 Å². The first-order valence-corrected chi connectivity index (χ1v) is 13.9. The van der Waals surface area contributed by atoms with Crippen LogP contribution in [0.1, 0.15) is 58.2 Å². The number of hydrogen-bond acceptors (Lipinski definition) is 1. The summed E-state index contributed by atoms with van der Waals surface area (Å²) in [4.78, 5) is 0. The van der Waals surface area contributed by atoms with E-state index in [1.807, 2.05) is 0 Å². The maximum absolute atomic E-state index is 7.51. The van der Waals surface area contributed by atoms with Crippen molar-refractivity contribution in [2.45, 2.75) is 55.1 Å². The predicted octanol–water partition coefficient (Wildman–Crippen LogP) is 7.59. The van der Waals surface area contributed by atoms with Crippen LogP contribution < -0.4 is 0 Å². The summed E-state index contributed by atoms with van der Waals surface area (Å²) in [6.07, 6.45) is 0. The Morgan fingerprint density at radius 2 is 0.759 bits per heavy atom. The number of benzene rings is 3. The third kappa shape index (κ3) is 4.71. The maximum atomic E-state index is 7.51. The molecule has 0 saturated heterocycles. The molecule has 2 heteroatoms. The van der Waals surface area contributed by atoms with Crippen molar-refractivity contribution >= 4 is 16.6 Å². The minimum absolute atomic E-state index is 0.162. The van der Waals surface area contributed by atoms with Gasteiger partial charge in [0.15, 0.2) is 0 Å². The molecule has 3 aromatic carbocycles. The van der Waals surface area contributed by atoms with Crippen molar-refractivity contribution in [2.24, 2.45) is 0 Å². The molecule has 0 bridgehead atoms. The van der Waals surface area contributed by atoms with E-state index < -0.39 is 22.2 Å². The van der Waals surface area contributed by atoms with Gasteiger partial charge in [-0.05, 0) is 0 Å². The molecule has 0 spiro atoms. The van der Waals surface area contributed by atoms with Crippen LogP contribution >= 0.6 is 0 Å². The summed E-state index contributed by atoms with van der Waals surface area (Å²) in [6, 6.07) is 32.2. The normalized spacial score (nSPS) is 12.6. The molecular weight excluding hydrogens is 410 g/mol. The van der Waals surface area contributed by atoms with E-state index in [0.29, 0.717) is 0 Å². The van der Waals surface area contributed by atoms with Crippen LogP contribution in [0, 0.1) is 0 Å². The average molecular weight is 443 g/mol. The summed E-state index contributed by atoms with van der Waals surface area (Å²) < 4.78 is 7.84. The molecule has 3 aromatic rings. The molecule has 0 aliphatic heterocycles. The first-order valence-electron chi connectivity index (χ1n) is 10.5. The van der Waals surface area contributed by atoms with Crippen molar-refractivity contribution in [3.63, 3.8) is 0 Å². The van der Waals surface area contributed by atoms with Gasteiger partial charge in [0, 0.05) is 0 Å². The van der Waals surface area contributed by atoms with Gasteiger partial charge in [0.25, 0.3) is 0 Å². The molecule has 3 rings (SSSR count). The van der Waals surface area contributed by atoms with Crippen molar-refractivity contribution in [1.29, 1.82) is 0 Å². The molecule has 1 nitrogen and oxygen atoms in total. The standard InChI is InChI=1S/C19H15O.2C4H9.Ga/c20-19(16-10-4-1-5-11-16,17-12-6-2-7-13-17)18-14-8-3-9-15-18;2*1-4(2)3;/h1-15H;2*1-3H3;/q-1;;;+1. The molecule has 0 aliphatic rings. The van der Waals surface area contributed by atoms with E-state index in [0.717, 1.165) is 0 Å². The van der Waals surface area contributed by atoms with Crippen LogP contribution in [0.15, 0.2) is 91.0 Å². The average Bonchev–Trinajstić information content (AvgIpc) is 2.69. The molecule has 0 N–H and O–H groups in total. The van der Waals surface area contributed by atoms with E-state index in [4.69, 9.17) is 3.53 Å². The zero-order valence-electron chi connectivity index (χ0n) is 18.6. The second kappa shape index (κ2) is 8.55. The van der Waals surface area contributed by atoms with Gasteiger partial charge in [-0.1, -0.05) is 0 Å². The van der Waals surface area contributed by atoms with Crippen LogP contribution in [0.2, 0.25) is 7.94 Å². The Kier molecular flexibility index (Phi) is 6.47. The Morgan fingerprint density at radius 1 is 0.483 bits per heavy atom. The first-order chi connectivity index (χ1) is 13.7. The SMILES string of the molecule is C[C](C)(C)[Ga]([O]C(c1ccccc1)(c1ccccc1)c1ccccc1)[C](C)(C)C. The summed E-state index contributed by atoms with van der Waals surface area (Å²) in [5.41, 5.74) is 2.99. The van der Waals surface area contributed by atoms with Crippen molar-refractivity contribution in [3.8, 4) is 0 Å². The Balaban J connectivity index is 2.34. The summed E-state index contributed by atoms with van der Waals surface area (Å²) >= 11 is -2.36. The van der Waals surface area contributed by atoms with Crippen LogP contribution in [0.4, 0.5) is 0 Å². The molecule has 0 radical (unpaired) electrons. The molecule has 0 heterocycles. The van der Waals surface area contributed by atoms with Gasteiger partial charge in [0.1, 0.15) is 0 Å². The topological polar surface area (TPSA) is 9.23 Å². The van der Waals surface area contributed by atoms with Crippen LogP contribution in [0.25, 0.3) is 0 Å². The third-order valence-electron chi connectivity index (χ3n) is 5.41. The quantitative estimate of drug-likeness (QED) is 0.292. The first kappa shape index (κ1) is 22.0. The monoisotopic (exact) mass is 442 g/mol. The second-order valence-corrected chi connectivity index (χ2v) is 19.4. The number of rotatable bonds is 5. The van der Waals surface area contributed by atoms with Gasteiger partial charge in [-0.3, -0.25) is 0 Å². The van der Waals surface area contributed by atoms with Gasteiger partial charge in [-0.15, -0.1) is 0 Å². The molecule has 29 heavy (non-hydrogen) atoms. The Morgan fingerprint density at radius 3 is 1.00 bits per heavy atom. The van der Waals surface area contributed by atoms with Gasteiger partial charge in [0.05, 0.1) is 0 Å². The fourth-order valence-electron chi connectivity index (χ4n) is 4.55. The van der Waals surface area contributed by atoms with E-state index in [2.05, 4.69) is 133 Å². The molecule has 0 aliphatic carbocycles. The summed E-state index contributed by atoms with van der Waals surface area (Å²) in [5.74, 6) is 0. The van der Waals surface area contributed by atoms with Crippen molar-refractivity contribution in [1.82, 2.24) is 0 Å². The van der Waals surface area contributed by atoms with Crippen LogP contribution in [0.3, 0.4) is 0 Å². The molecule has 0 saturated carbocycles. The summed E-state index contributed by atoms with van der Waals surface area (Å²) in [5, 5.41) is 0. The van der Waals surface area contributed by atoms with Crippen LogP contribution in [0.5, 0.6) is 0 Å². The van der Waals surface area contributed by atoms with Gasteiger partial charge >= 0.3 is 183 Å². The zero-order valence-corrected chi connectivity index (χ0v) is 21.1. The van der Waals surface area contributed by atoms with Crippen molar-refractivity contribution in [3.05, 3.63) is 108 Å². The molecular formula is C27H33GaO. The van der Waals surface area contributed by atoms with Gasteiger partial charge in [0.2, 0.25) is 0 Å². The molecule has 0 amide bonds. The fraction of sp³-hybridized carbons (Fsp3) is 0.333. The van der Waals surface area contributed by atoms with Gasteiger partial charge in [-0.2, -0.15) is 0 Å². The van der Waals surface area contributed by atoms with Gasteiger partial charge < -0.3 is 0 Å². The van der Waals surface area contributed by atoms with E-state index in [1.54, 1.807) is 0 Å². The van der Waals surface area contributed by atoms with Crippen molar-refractivity contribution in [2.75, 3.05) is 0 Å². The molecule has 0 atom stereocenters. The molecule has 150 valence electrons. The summed E-state index contributed by atoms with van der Waals surface area (Å²) in [6.45, 7) is 14.1. The van der Waals surface area contributed by atoms with E-state index >= 15 is 0 Å². The summed E-state index contributed by atoms with van der Waals surface area (Å²) in [7, 11) is 0. The minimum atomic E-state index is -2.36. The van der Waals surface area contributed by atoms with E-state index in [9.17, 15) is 0 Å².